The lowest BCUT2D eigenvalue weighted by Crippen LogP contribution is -2.42. The molecule has 2 aromatic rings. The zero-order valence-corrected chi connectivity index (χ0v) is 14.9. The zero-order chi connectivity index (χ0) is 17.6. The van der Waals surface area contributed by atoms with Crippen LogP contribution >= 0.6 is 11.3 Å². The van der Waals surface area contributed by atoms with Gasteiger partial charge in [0.2, 0.25) is 0 Å². The summed E-state index contributed by atoms with van der Waals surface area (Å²) < 4.78 is 0. The molecule has 0 spiro atoms. The predicted octanol–water partition coefficient (Wildman–Crippen LogP) is 2.73. The molecule has 6 heteroatoms. The van der Waals surface area contributed by atoms with Gasteiger partial charge in [-0.3, -0.25) is 14.4 Å². The van der Waals surface area contributed by atoms with Crippen molar-refractivity contribution in [1.82, 2.24) is 10.4 Å². The standard InChI is InChI=1S/C18H22N2O3S/c1-18(2,15-7-5-4-6-8-15)17(22)19-23-12-16(21)20(3)11-14-9-10-24-13-14/h4-10,13H,11-12H2,1-3H3,(H,19,22). The van der Waals surface area contributed by atoms with Crippen LogP contribution in [0.4, 0.5) is 0 Å². The molecule has 1 N–H and O–H groups in total. The van der Waals surface area contributed by atoms with Crippen molar-refractivity contribution in [3.05, 3.63) is 58.3 Å². The Morgan fingerprint density at radius 2 is 1.92 bits per heavy atom. The van der Waals surface area contributed by atoms with E-state index in [4.69, 9.17) is 4.84 Å². The predicted molar refractivity (Wildman–Crippen MR) is 94.4 cm³/mol. The van der Waals surface area contributed by atoms with Crippen LogP contribution in [0, 0.1) is 0 Å². The highest BCUT2D eigenvalue weighted by molar-refractivity contribution is 7.07. The molecule has 0 saturated carbocycles. The maximum absolute atomic E-state index is 12.3. The molecule has 2 amide bonds. The minimum atomic E-state index is -0.743. The number of hydrogen-bond donors (Lipinski definition) is 1. The quantitative estimate of drug-likeness (QED) is 0.784. The van der Waals surface area contributed by atoms with Gasteiger partial charge >= 0.3 is 0 Å². The van der Waals surface area contributed by atoms with Crippen molar-refractivity contribution in [2.75, 3.05) is 13.7 Å². The van der Waals surface area contributed by atoms with Crippen molar-refractivity contribution < 1.29 is 14.4 Å². The fourth-order valence-electron chi connectivity index (χ4n) is 2.13. The van der Waals surface area contributed by atoms with Gasteiger partial charge in [-0.15, -0.1) is 0 Å². The fraction of sp³-hybridized carbons (Fsp3) is 0.333. The van der Waals surface area contributed by atoms with Crippen LogP contribution in [0.3, 0.4) is 0 Å². The van der Waals surface area contributed by atoms with Crippen LogP contribution in [0.25, 0.3) is 0 Å². The Morgan fingerprint density at radius 3 is 2.54 bits per heavy atom. The van der Waals surface area contributed by atoms with E-state index in [9.17, 15) is 9.59 Å². The van der Waals surface area contributed by atoms with E-state index in [1.54, 1.807) is 23.3 Å². The molecule has 0 radical (unpaired) electrons. The number of likely N-dealkylation sites (N-methyl/N-ethyl adjacent to an activating group) is 1. The summed E-state index contributed by atoms with van der Waals surface area (Å²) in [7, 11) is 1.71. The second-order valence-corrected chi connectivity index (χ2v) is 6.87. The Kier molecular flexibility index (Phi) is 6.11. The number of carbonyl (C=O) groups excluding carboxylic acids is 2. The molecular formula is C18H22N2O3S. The Balaban J connectivity index is 1.80. The van der Waals surface area contributed by atoms with Gasteiger partial charge in [0, 0.05) is 13.6 Å². The lowest BCUT2D eigenvalue weighted by Gasteiger charge is -2.24. The summed E-state index contributed by atoms with van der Waals surface area (Å²) in [5.74, 6) is -0.485. The molecule has 1 heterocycles. The van der Waals surface area contributed by atoms with Crippen LogP contribution in [-0.2, 0) is 26.4 Å². The van der Waals surface area contributed by atoms with Crippen molar-refractivity contribution in [3.8, 4) is 0 Å². The first-order valence-electron chi connectivity index (χ1n) is 7.64. The highest BCUT2D eigenvalue weighted by atomic mass is 32.1. The second kappa shape index (κ2) is 8.08. The van der Waals surface area contributed by atoms with Crippen LogP contribution in [0.1, 0.15) is 25.0 Å². The van der Waals surface area contributed by atoms with E-state index >= 15 is 0 Å². The number of thiophene rings is 1. The van der Waals surface area contributed by atoms with Gasteiger partial charge in [0.1, 0.15) is 0 Å². The van der Waals surface area contributed by atoms with Gasteiger partial charge in [-0.25, -0.2) is 5.48 Å². The molecule has 0 aliphatic rings. The number of hydroxylamine groups is 1. The maximum Gasteiger partial charge on any atom is 0.253 e. The molecule has 0 unspecified atom stereocenters. The van der Waals surface area contributed by atoms with E-state index in [1.165, 1.54) is 0 Å². The van der Waals surface area contributed by atoms with Crippen molar-refractivity contribution in [3.63, 3.8) is 0 Å². The Morgan fingerprint density at radius 1 is 1.21 bits per heavy atom. The third-order valence-corrected chi connectivity index (χ3v) is 4.58. The van der Waals surface area contributed by atoms with Crippen LogP contribution in [-0.4, -0.2) is 30.4 Å². The summed E-state index contributed by atoms with van der Waals surface area (Å²) in [6, 6.07) is 11.4. The minimum absolute atomic E-state index is 0.195. The summed E-state index contributed by atoms with van der Waals surface area (Å²) >= 11 is 1.59. The number of nitrogens with zero attached hydrogens (tertiary/aromatic N) is 1. The normalized spacial score (nSPS) is 11.1. The molecule has 5 nitrogen and oxygen atoms in total. The number of nitrogens with one attached hydrogen (secondary N) is 1. The lowest BCUT2D eigenvalue weighted by molar-refractivity contribution is -0.146. The van der Waals surface area contributed by atoms with E-state index < -0.39 is 5.41 Å². The maximum atomic E-state index is 12.3. The van der Waals surface area contributed by atoms with Crippen LogP contribution in [0.15, 0.2) is 47.2 Å². The Hall–Kier alpha value is -2.18. The average molecular weight is 346 g/mol. The van der Waals surface area contributed by atoms with Crippen molar-refractivity contribution >= 4 is 23.2 Å². The van der Waals surface area contributed by atoms with Gasteiger partial charge in [0.25, 0.3) is 11.8 Å². The topological polar surface area (TPSA) is 58.6 Å². The molecule has 0 fully saturated rings. The van der Waals surface area contributed by atoms with Gasteiger partial charge < -0.3 is 4.90 Å². The molecule has 128 valence electrons. The first-order chi connectivity index (χ1) is 11.4. The third-order valence-electron chi connectivity index (χ3n) is 3.85. The molecule has 0 bridgehead atoms. The minimum Gasteiger partial charge on any atom is -0.339 e. The summed E-state index contributed by atoms with van der Waals surface area (Å²) in [5.41, 5.74) is 3.59. The summed E-state index contributed by atoms with van der Waals surface area (Å²) in [6.07, 6.45) is 0. The second-order valence-electron chi connectivity index (χ2n) is 6.09. The molecule has 0 aliphatic carbocycles. The molecule has 2 rings (SSSR count). The zero-order valence-electron chi connectivity index (χ0n) is 14.1. The molecule has 1 aromatic carbocycles. The number of rotatable bonds is 7. The molecule has 1 aromatic heterocycles. The summed E-state index contributed by atoms with van der Waals surface area (Å²) in [6.45, 7) is 3.95. The number of hydrogen-bond acceptors (Lipinski definition) is 4. The van der Waals surface area contributed by atoms with E-state index in [0.29, 0.717) is 6.54 Å². The van der Waals surface area contributed by atoms with E-state index in [-0.39, 0.29) is 18.4 Å². The van der Waals surface area contributed by atoms with Crippen molar-refractivity contribution in [1.29, 1.82) is 0 Å². The Bertz CT molecular complexity index is 669. The molecule has 0 aliphatic heterocycles. The van der Waals surface area contributed by atoms with E-state index in [1.807, 2.05) is 61.0 Å². The number of amides is 2. The lowest BCUT2D eigenvalue weighted by atomic mass is 9.84. The summed E-state index contributed by atoms with van der Waals surface area (Å²) in [4.78, 5) is 31.0. The van der Waals surface area contributed by atoms with Crippen molar-refractivity contribution in [2.24, 2.45) is 0 Å². The van der Waals surface area contributed by atoms with Gasteiger partial charge in [-0.2, -0.15) is 11.3 Å². The van der Waals surface area contributed by atoms with Crippen LogP contribution in [0.5, 0.6) is 0 Å². The summed E-state index contributed by atoms with van der Waals surface area (Å²) in [5, 5.41) is 3.96. The molecular weight excluding hydrogens is 324 g/mol. The van der Waals surface area contributed by atoms with Gasteiger partial charge in [0.15, 0.2) is 6.61 Å². The highest BCUT2D eigenvalue weighted by Gasteiger charge is 2.30. The highest BCUT2D eigenvalue weighted by Crippen LogP contribution is 2.22. The smallest absolute Gasteiger partial charge is 0.253 e. The van der Waals surface area contributed by atoms with Crippen LogP contribution < -0.4 is 5.48 Å². The van der Waals surface area contributed by atoms with Crippen LogP contribution in [0.2, 0.25) is 0 Å². The monoisotopic (exact) mass is 346 g/mol. The van der Waals surface area contributed by atoms with E-state index in [0.717, 1.165) is 11.1 Å². The first-order valence-corrected chi connectivity index (χ1v) is 8.58. The average Bonchev–Trinajstić information content (AvgIpc) is 3.08. The molecule has 0 saturated heterocycles. The fourth-order valence-corrected chi connectivity index (χ4v) is 2.79. The van der Waals surface area contributed by atoms with Crippen molar-refractivity contribution in [2.45, 2.75) is 25.8 Å². The van der Waals surface area contributed by atoms with E-state index in [2.05, 4.69) is 5.48 Å². The third kappa shape index (κ3) is 4.66. The number of carbonyl (C=O) groups is 2. The SMILES string of the molecule is CN(Cc1ccsc1)C(=O)CONC(=O)C(C)(C)c1ccccc1. The van der Waals surface area contributed by atoms with Gasteiger partial charge in [-0.1, -0.05) is 30.3 Å². The molecule has 0 atom stereocenters. The largest absolute Gasteiger partial charge is 0.339 e. The Labute approximate surface area is 146 Å². The van der Waals surface area contributed by atoms with Gasteiger partial charge in [-0.05, 0) is 41.8 Å². The first kappa shape index (κ1) is 18.2. The van der Waals surface area contributed by atoms with Gasteiger partial charge in [0.05, 0.1) is 5.41 Å². The molecule has 24 heavy (non-hydrogen) atoms. The number of benzene rings is 1.